The lowest BCUT2D eigenvalue weighted by molar-refractivity contribution is -0.147. The average Bonchev–Trinajstić information content (AvgIpc) is 3.06. The van der Waals surface area contributed by atoms with Crippen LogP contribution < -0.4 is 5.32 Å². The third-order valence-corrected chi connectivity index (χ3v) is 5.05. The Labute approximate surface area is 130 Å². The van der Waals surface area contributed by atoms with Crippen LogP contribution in [0.5, 0.6) is 0 Å². The number of hydrogen-bond acceptors (Lipinski definition) is 3. The van der Waals surface area contributed by atoms with Gasteiger partial charge in [-0.05, 0) is 24.5 Å². The highest BCUT2D eigenvalue weighted by Crippen LogP contribution is 2.43. The van der Waals surface area contributed by atoms with Crippen LogP contribution in [-0.2, 0) is 20.9 Å². The van der Waals surface area contributed by atoms with Crippen molar-refractivity contribution in [2.24, 2.45) is 11.8 Å². The first-order valence-corrected chi connectivity index (χ1v) is 7.76. The molecule has 1 aromatic carbocycles. The van der Waals surface area contributed by atoms with E-state index in [1.807, 2.05) is 24.3 Å². The van der Waals surface area contributed by atoms with Gasteiger partial charge in [0.15, 0.2) is 0 Å². The number of carboxylic acid groups (broad SMARTS) is 1. The molecule has 0 aromatic heterocycles. The van der Waals surface area contributed by atoms with E-state index in [-0.39, 0.29) is 18.1 Å². The van der Waals surface area contributed by atoms with E-state index >= 15 is 0 Å². The van der Waals surface area contributed by atoms with Crippen molar-refractivity contribution in [3.8, 4) is 0 Å². The van der Waals surface area contributed by atoms with Crippen LogP contribution in [0.25, 0.3) is 0 Å². The summed E-state index contributed by atoms with van der Waals surface area (Å²) >= 11 is 3.43. The van der Waals surface area contributed by atoms with E-state index in [1.165, 1.54) is 0 Å². The topological polar surface area (TPSA) is 75.6 Å². The molecular formula is C15H16BrNO4. The summed E-state index contributed by atoms with van der Waals surface area (Å²) in [6.45, 7) is 0.375. The van der Waals surface area contributed by atoms with Gasteiger partial charge in [-0.1, -0.05) is 34.1 Å². The number of rotatable bonds is 4. The number of halogens is 1. The lowest BCUT2D eigenvalue weighted by atomic mass is 9.78. The lowest BCUT2D eigenvalue weighted by Gasteiger charge is -2.24. The molecule has 1 amide bonds. The van der Waals surface area contributed by atoms with Crippen LogP contribution in [0.15, 0.2) is 28.7 Å². The number of benzene rings is 1. The highest BCUT2D eigenvalue weighted by atomic mass is 79.9. The van der Waals surface area contributed by atoms with Gasteiger partial charge in [-0.15, -0.1) is 0 Å². The second-order valence-electron chi connectivity index (χ2n) is 5.49. The Bertz CT molecular complexity index is 577. The van der Waals surface area contributed by atoms with Gasteiger partial charge in [-0.2, -0.15) is 0 Å². The van der Waals surface area contributed by atoms with Crippen LogP contribution in [0.3, 0.4) is 0 Å². The van der Waals surface area contributed by atoms with Crippen molar-refractivity contribution < 1.29 is 19.4 Å². The van der Waals surface area contributed by atoms with Crippen LogP contribution in [0, 0.1) is 11.8 Å². The quantitative estimate of drug-likeness (QED) is 0.867. The van der Waals surface area contributed by atoms with Crippen LogP contribution in [0.4, 0.5) is 0 Å². The second kappa shape index (κ2) is 5.77. The van der Waals surface area contributed by atoms with Crippen LogP contribution in [-0.4, -0.2) is 29.2 Å². The Hall–Kier alpha value is -1.40. The second-order valence-corrected chi connectivity index (χ2v) is 6.34. The molecule has 21 heavy (non-hydrogen) atoms. The number of carbonyl (C=O) groups is 2. The number of hydrogen-bond donors (Lipinski definition) is 2. The largest absolute Gasteiger partial charge is 0.481 e. The molecule has 0 unspecified atom stereocenters. The number of carbonyl (C=O) groups excluding carboxylic acids is 1. The van der Waals surface area contributed by atoms with Crippen LogP contribution in [0.2, 0.25) is 0 Å². The van der Waals surface area contributed by atoms with Crippen molar-refractivity contribution in [2.45, 2.75) is 31.6 Å². The summed E-state index contributed by atoms with van der Waals surface area (Å²) in [5.74, 6) is -2.47. The summed E-state index contributed by atoms with van der Waals surface area (Å²) in [7, 11) is 0. The van der Waals surface area contributed by atoms with E-state index in [1.54, 1.807) is 0 Å². The lowest BCUT2D eigenvalue weighted by Crippen LogP contribution is -2.43. The van der Waals surface area contributed by atoms with E-state index < -0.39 is 17.8 Å². The van der Waals surface area contributed by atoms with Crippen molar-refractivity contribution in [3.05, 3.63) is 34.3 Å². The Balaban J connectivity index is 1.68. The molecule has 2 saturated heterocycles. The maximum Gasteiger partial charge on any atom is 0.310 e. The van der Waals surface area contributed by atoms with Crippen molar-refractivity contribution >= 4 is 27.8 Å². The number of amides is 1. The summed E-state index contributed by atoms with van der Waals surface area (Å²) in [5, 5.41) is 12.2. The molecule has 0 radical (unpaired) electrons. The summed E-state index contributed by atoms with van der Waals surface area (Å²) in [5.41, 5.74) is 0.960. The fourth-order valence-electron chi connectivity index (χ4n) is 3.27. The Morgan fingerprint density at radius 2 is 1.90 bits per heavy atom. The summed E-state index contributed by atoms with van der Waals surface area (Å²) in [6.07, 6.45) is 0.930. The van der Waals surface area contributed by atoms with Crippen LogP contribution in [0.1, 0.15) is 18.4 Å². The van der Waals surface area contributed by atoms with Crippen molar-refractivity contribution in [2.75, 3.05) is 0 Å². The number of aliphatic carboxylic acids is 1. The molecule has 2 heterocycles. The molecule has 0 aliphatic carbocycles. The van der Waals surface area contributed by atoms with Gasteiger partial charge in [0, 0.05) is 11.0 Å². The first-order valence-electron chi connectivity index (χ1n) is 6.97. The van der Waals surface area contributed by atoms with Gasteiger partial charge in [-0.25, -0.2) is 0 Å². The summed E-state index contributed by atoms with van der Waals surface area (Å²) < 4.78 is 6.53. The summed E-state index contributed by atoms with van der Waals surface area (Å²) in [6, 6.07) is 7.62. The monoisotopic (exact) mass is 353 g/mol. The van der Waals surface area contributed by atoms with Gasteiger partial charge >= 0.3 is 5.97 Å². The average molecular weight is 354 g/mol. The van der Waals surface area contributed by atoms with Gasteiger partial charge in [0.2, 0.25) is 5.91 Å². The molecule has 2 aliphatic rings. The van der Waals surface area contributed by atoms with Crippen molar-refractivity contribution in [3.63, 3.8) is 0 Å². The summed E-state index contributed by atoms with van der Waals surface area (Å²) in [4.78, 5) is 23.7. The molecule has 2 bridgehead atoms. The molecule has 2 N–H and O–H groups in total. The van der Waals surface area contributed by atoms with E-state index in [0.29, 0.717) is 6.54 Å². The molecule has 112 valence electrons. The molecule has 5 nitrogen and oxygen atoms in total. The molecule has 2 aliphatic heterocycles. The minimum absolute atomic E-state index is 0.231. The smallest absolute Gasteiger partial charge is 0.310 e. The maximum absolute atomic E-state index is 12.4. The zero-order valence-electron chi connectivity index (χ0n) is 11.3. The zero-order chi connectivity index (χ0) is 15.0. The van der Waals surface area contributed by atoms with Crippen LogP contribution >= 0.6 is 15.9 Å². The zero-order valence-corrected chi connectivity index (χ0v) is 12.9. The third kappa shape index (κ3) is 2.70. The highest BCUT2D eigenvalue weighted by Gasteiger charge is 2.55. The minimum Gasteiger partial charge on any atom is -0.481 e. The normalized spacial score (nSPS) is 30.3. The van der Waals surface area contributed by atoms with E-state index in [4.69, 9.17) is 4.74 Å². The SMILES string of the molecule is O=C(O)[C@@H]1[C@H](C(=O)NCc2ccccc2Br)[C@H]2CC[C@H]1O2. The van der Waals surface area contributed by atoms with E-state index in [2.05, 4.69) is 21.2 Å². The van der Waals surface area contributed by atoms with Crippen molar-refractivity contribution in [1.82, 2.24) is 5.32 Å². The standard InChI is InChI=1S/C15H16BrNO4/c16-9-4-2-1-3-8(9)7-17-14(18)12-10-5-6-11(21-10)13(12)15(19)20/h1-4,10-13H,5-7H2,(H,17,18)(H,19,20)/t10-,11-,12-,13+/m1/s1. The Morgan fingerprint density at radius 1 is 1.24 bits per heavy atom. The maximum atomic E-state index is 12.4. The molecule has 0 spiro atoms. The Kier molecular flexibility index (Phi) is 3.99. The molecule has 3 rings (SSSR count). The van der Waals surface area contributed by atoms with Gasteiger partial charge in [0.25, 0.3) is 0 Å². The minimum atomic E-state index is -0.941. The first kappa shape index (κ1) is 14.5. The number of carboxylic acids is 1. The van der Waals surface area contributed by atoms with Gasteiger partial charge < -0.3 is 15.2 Å². The molecule has 4 atom stereocenters. The van der Waals surface area contributed by atoms with Crippen molar-refractivity contribution in [1.29, 1.82) is 0 Å². The molecule has 6 heteroatoms. The highest BCUT2D eigenvalue weighted by molar-refractivity contribution is 9.10. The molecule has 0 saturated carbocycles. The molecule has 1 aromatic rings. The first-order chi connectivity index (χ1) is 10.1. The number of ether oxygens (including phenoxy) is 1. The van der Waals surface area contributed by atoms with Gasteiger partial charge in [-0.3, -0.25) is 9.59 Å². The molecule has 2 fully saturated rings. The predicted molar refractivity (Wildman–Crippen MR) is 78.5 cm³/mol. The van der Waals surface area contributed by atoms with E-state index in [9.17, 15) is 14.7 Å². The number of nitrogens with one attached hydrogen (secondary N) is 1. The predicted octanol–water partition coefficient (Wildman–Crippen LogP) is 1.94. The van der Waals surface area contributed by atoms with Gasteiger partial charge in [0.05, 0.1) is 24.0 Å². The fourth-order valence-corrected chi connectivity index (χ4v) is 3.69. The van der Waals surface area contributed by atoms with Gasteiger partial charge in [0.1, 0.15) is 0 Å². The van der Waals surface area contributed by atoms with E-state index in [0.717, 1.165) is 22.9 Å². The fraction of sp³-hybridized carbons (Fsp3) is 0.467. The Morgan fingerprint density at radius 3 is 2.57 bits per heavy atom. The third-order valence-electron chi connectivity index (χ3n) is 4.27. The molecular weight excluding hydrogens is 338 g/mol. The number of fused-ring (bicyclic) bond motifs is 2.